The van der Waals surface area contributed by atoms with Crippen molar-refractivity contribution in [2.75, 3.05) is 0 Å². The van der Waals surface area contributed by atoms with Crippen molar-refractivity contribution in [1.29, 1.82) is 0 Å². The summed E-state index contributed by atoms with van der Waals surface area (Å²) in [4.78, 5) is 33.5. The van der Waals surface area contributed by atoms with Crippen molar-refractivity contribution in [1.82, 2.24) is 14.5 Å². The van der Waals surface area contributed by atoms with E-state index in [1.807, 2.05) is 36.6 Å². The van der Waals surface area contributed by atoms with Gasteiger partial charge in [0.1, 0.15) is 6.54 Å². The van der Waals surface area contributed by atoms with E-state index >= 15 is 0 Å². The van der Waals surface area contributed by atoms with E-state index in [0.717, 1.165) is 86.4 Å². The Morgan fingerprint density at radius 1 is 1.05 bits per heavy atom. The highest BCUT2D eigenvalue weighted by Gasteiger charge is 2.25. The van der Waals surface area contributed by atoms with E-state index in [-0.39, 0.29) is 6.54 Å². The molecule has 0 bridgehead atoms. The maximum absolute atomic E-state index is 11.9. The molecule has 8 heteroatoms. The van der Waals surface area contributed by atoms with Crippen LogP contribution in [0.4, 0.5) is 0 Å². The van der Waals surface area contributed by atoms with Gasteiger partial charge in [-0.05, 0) is 68.0 Å². The first-order valence-electron chi connectivity index (χ1n) is 13.0. The fourth-order valence-corrected chi connectivity index (χ4v) is 6.50. The van der Waals surface area contributed by atoms with Gasteiger partial charge < -0.3 is 14.8 Å². The van der Waals surface area contributed by atoms with Crippen molar-refractivity contribution >= 4 is 34.2 Å². The van der Waals surface area contributed by atoms with Crippen molar-refractivity contribution in [2.45, 2.75) is 64.8 Å². The van der Waals surface area contributed by atoms with Gasteiger partial charge in [-0.3, -0.25) is 4.79 Å². The van der Waals surface area contributed by atoms with Crippen LogP contribution in [0.5, 0.6) is 0 Å². The summed E-state index contributed by atoms with van der Waals surface area (Å²) in [6, 6.07) is 12.3. The minimum absolute atomic E-state index is 0.183. The molecule has 0 aliphatic heterocycles. The molecule has 0 spiro atoms. The van der Waals surface area contributed by atoms with E-state index in [2.05, 4.69) is 23.2 Å². The van der Waals surface area contributed by atoms with Crippen LogP contribution in [-0.2, 0) is 22.6 Å². The fourth-order valence-electron chi connectivity index (χ4n) is 5.61. The van der Waals surface area contributed by atoms with Gasteiger partial charge in [0.05, 0.1) is 32.5 Å². The largest absolute Gasteiger partial charge is 0.480 e. The molecular formula is C30H31N3O4S. The third kappa shape index (κ3) is 5.41. The van der Waals surface area contributed by atoms with E-state index < -0.39 is 11.9 Å². The highest BCUT2D eigenvalue weighted by Crippen LogP contribution is 2.41. The summed E-state index contributed by atoms with van der Waals surface area (Å²) >= 11 is 1.64. The van der Waals surface area contributed by atoms with Crippen molar-refractivity contribution in [2.24, 2.45) is 0 Å². The number of rotatable bonds is 8. The number of pyridine rings is 1. The number of aryl methyl sites for hydroxylation is 2. The molecule has 38 heavy (non-hydrogen) atoms. The van der Waals surface area contributed by atoms with Gasteiger partial charge in [0.2, 0.25) is 0 Å². The molecule has 3 heterocycles. The number of aromatic nitrogens is 3. The lowest BCUT2D eigenvalue weighted by Gasteiger charge is -2.23. The average molecular weight is 530 g/mol. The van der Waals surface area contributed by atoms with E-state index in [1.165, 1.54) is 6.42 Å². The lowest BCUT2D eigenvalue weighted by Crippen LogP contribution is -2.13. The summed E-state index contributed by atoms with van der Waals surface area (Å²) in [5.41, 5.74) is 6.58. The zero-order chi connectivity index (χ0) is 26.8. The molecule has 0 saturated heterocycles. The molecule has 196 valence electrons. The zero-order valence-electron chi connectivity index (χ0n) is 21.6. The first-order chi connectivity index (χ1) is 18.3. The zero-order valence-corrected chi connectivity index (χ0v) is 22.4. The Balaban J connectivity index is 1.62. The number of fused-ring (bicyclic) bond motifs is 1. The summed E-state index contributed by atoms with van der Waals surface area (Å²) in [7, 11) is 0. The Morgan fingerprint density at radius 2 is 1.84 bits per heavy atom. The number of carbonyl (C=O) groups is 2. The number of carboxylic acids is 2. The Bertz CT molecular complexity index is 1540. The molecule has 1 aromatic carbocycles. The van der Waals surface area contributed by atoms with Gasteiger partial charge in [-0.15, -0.1) is 11.3 Å². The highest BCUT2D eigenvalue weighted by molar-refractivity contribution is 7.15. The first kappa shape index (κ1) is 25.9. The third-order valence-electron chi connectivity index (χ3n) is 7.24. The van der Waals surface area contributed by atoms with Crippen LogP contribution < -0.4 is 0 Å². The number of nitrogens with zero attached hydrogens (tertiary/aromatic N) is 3. The monoisotopic (exact) mass is 529 g/mol. The Labute approximate surface area is 225 Å². The molecule has 4 aromatic rings. The van der Waals surface area contributed by atoms with Gasteiger partial charge in [0.15, 0.2) is 0 Å². The molecule has 1 saturated carbocycles. The minimum atomic E-state index is -1.01. The van der Waals surface area contributed by atoms with Crippen LogP contribution in [0, 0.1) is 13.8 Å². The normalized spacial score (nSPS) is 14.5. The van der Waals surface area contributed by atoms with Crippen molar-refractivity contribution in [3.05, 3.63) is 70.5 Å². The molecule has 0 unspecified atom stereocenters. The summed E-state index contributed by atoms with van der Waals surface area (Å²) in [5, 5.41) is 20.8. The van der Waals surface area contributed by atoms with E-state index in [4.69, 9.17) is 10.1 Å². The molecule has 5 rings (SSSR count). The summed E-state index contributed by atoms with van der Waals surface area (Å²) in [6.07, 6.45) is 8.72. The molecule has 1 aliphatic carbocycles. The Morgan fingerprint density at radius 3 is 2.53 bits per heavy atom. The summed E-state index contributed by atoms with van der Waals surface area (Å²) in [6.45, 7) is 3.81. The quantitative estimate of drug-likeness (QED) is 0.244. The number of thiazole rings is 1. The molecule has 0 atom stereocenters. The number of carboxylic acid groups (broad SMARTS) is 2. The van der Waals surface area contributed by atoms with Crippen LogP contribution in [0.3, 0.4) is 0 Å². The predicted octanol–water partition coefficient (Wildman–Crippen LogP) is 6.76. The number of allylic oxidation sites excluding steroid dienone is 1. The minimum Gasteiger partial charge on any atom is -0.480 e. The molecule has 0 amide bonds. The molecule has 7 nitrogen and oxygen atoms in total. The lowest BCUT2D eigenvalue weighted by atomic mass is 9.83. The lowest BCUT2D eigenvalue weighted by molar-refractivity contribution is -0.137. The molecule has 2 N–H and O–H groups in total. The predicted molar refractivity (Wildman–Crippen MR) is 150 cm³/mol. The van der Waals surface area contributed by atoms with Crippen molar-refractivity contribution < 1.29 is 19.8 Å². The molecule has 3 aromatic heterocycles. The van der Waals surface area contributed by atoms with E-state index in [0.29, 0.717) is 12.3 Å². The van der Waals surface area contributed by atoms with Crippen LogP contribution in [0.2, 0.25) is 0 Å². The smallest absolute Gasteiger partial charge is 0.327 e. The van der Waals surface area contributed by atoms with Crippen LogP contribution in [0.15, 0.2) is 48.6 Å². The Kier molecular flexibility index (Phi) is 7.42. The summed E-state index contributed by atoms with van der Waals surface area (Å²) in [5.74, 6) is -1.59. The number of hydrogen-bond donors (Lipinski definition) is 2. The first-order valence-corrected chi connectivity index (χ1v) is 13.8. The average Bonchev–Trinajstić information content (AvgIpc) is 3.42. The van der Waals surface area contributed by atoms with Gasteiger partial charge in [-0.1, -0.05) is 37.5 Å². The highest BCUT2D eigenvalue weighted by atomic mass is 32.1. The maximum Gasteiger partial charge on any atom is 0.327 e. The maximum atomic E-state index is 11.9. The van der Waals surface area contributed by atoms with E-state index in [9.17, 15) is 14.7 Å². The van der Waals surface area contributed by atoms with Gasteiger partial charge in [-0.25, -0.2) is 14.8 Å². The number of hydrogen-bond acceptors (Lipinski definition) is 5. The van der Waals surface area contributed by atoms with Crippen LogP contribution in [0.1, 0.15) is 60.0 Å². The topological polar surface area (TPSA) is 105 Å². The standard InChI is InChI=1S/C30H31N3O4S/c1-18-30(38-19(2)31-18)26-14-11-21-15-22(12-13-25(21)32-26)29-24(20-7-4-3-5-8-20)16-23(9-6-10-27(34)35)33(29)17-28(36)37/h6,10-16,20H,3-5,7-9,17H2,1-2H3,(H,34,35)(H,36,37)/b10-6+. The number of benzene rings is 1. The third-order valence-corrected chi connectivity index (χ3v) is 8.33. The second kappa shape index (κ2) is 10.9. The van der Waals surface area contributed by atoms with Crippen LogP contribution >= 0.6 is 11.3 Å². The van der Waals surface area contributed by atoms with Crippen LogP contribution in [0.25, 0.3) is 32.7 Å². The fraction of sp³-hybridized carbons (Fsp3) is 0.333. The van der Waals surface area contributed by atoms with Crippen LogP contribution in [-0.4, -0.2) is 36.7 Å². The van der Waals surface area contributed by atoms with Crippen molar-refractivity contribution in [3.63, 3.8) is 0 Å². The number of aliphatic carboxylic acids is 2. The SMILES string of the molecule is Cc1nc(C)c(-c2ccc3cc(-c4c(C5CCCCC5)cc(C/C=C/C(=O)O)n4CC(=O)O)ccc3n2)s1. The van der Waals surface area contributed by atoms with Crippen molar-refractivity contribution in [3.8, 4) is 21.8 Å². The van der Waals surface area contributed by atoms with Gasteiger partial charge in [-0.2, -0.15) is 0 Å². The molecule has 1 aliphatic rings. The van der Waals surface area contributed by atoms with Gasteiger partial charge in [0.25, 0.3) is 0 Å². The summed E-state index contributed by atoms with van der Waals surface area (Å²) < 4.78 is 1.85. The molecule has 1 fully saturated rings. The van der Waals surface area contributed by atoms with Gasteiger partial charge >= 0.3 is 11.9 Å². The Hall–Kier alpha value is -3.78. The second-order valence-corrected chi connectivity index (χ2v) is 11.2. The van der Waals surface area contributed by atoms with E-state index in [1.54, 1.807) is 17.4 Å². The second-order valence-electron chi connectivity index (χ2n) is 9.95. The molecular weight excluding hydrogens is 498 g/mol. The molecule has 0 radical (unpaired) electrons. The van der Waals surface area contributed by atoms with Gasteiger partial charge in [0, 0.05) is 23.6 Å².